The number of aliphatic carboxylic acids is 1. The Morgan fingerprint density at radius 2 is 2.25 bits per heavy atom. The molecule has 4 N–H and O–H groups in total. The first kappa shape index (κ1) is 12.9. The van der Waals surface area contributed by atoms with E-state index in [9.17, 15) is 9.59 Å². The zero-order valence-corrected chi connectivity index (χ0v) is 9.53. The van der Waals surface area contributed by atoms with E-state index in [0.717, 1.165) is 0 Å². The minimum Gasteiger partial charge on any atom is -0.480 e. The first-order valence-electron chi connectivity index (χ1n) is 5.49. The van der Waals surface area contributed by atoms with Crippen LogP contribution < -0.4 is 11.1 Å². The molecule has 6 nitrogen and oxygen atoms in total. The van der Waals surface area contributed by atoms with E-state index in [-0.39, 0.29) is 5.91 Å². The van der Waals surface area contributed by atoms with Crippen LogP contribution in [0.1, 0.15) is 19.8 Å². The molecule has 0 aliphatic carbocycles. The minimum absolute atomic E-state index is 0.00709. The van der Waals surface area contributed by atoms with Gasteiger partial charge in [-0.25, -0.2) is 0 Å². The third kappa shape index (κ3) is 3.18. The summed E-state index contributed by atoms with van der Waals surface area (Å²) in [6.07, 6.45) is 0.835. The summed E-state index contributed by atoms with van der Waals surface area (Å²) in [6, 6.07) is 0. The molecule has 1 amide bonds. The molecular formula is C10H19N3O3. The van der Waals surface area contributed by atoms with E-state index in [1.807, 2.05) is 11.8 Å². The summed E-state index contributed by atoms with van der Waals surface area (Å²) in [6.45, 7) is 4.01. The normalized spacial score (nSPS) is 25.6. The van der Waals surface area contributed by atoms with E-state index in [2.05, 4.69) is 5.32 Å². The van der Waals surface area contributed by atoms with Crippen molar-refractivity contribution in [3.05, 3.63) is 0 Å². The lowest BCUT2D eigenvalue weighted by molar-refractivity contribution is -0.142. The number of amides is 1. The zero-order chi connectivity index (χ0) is 12.2. The standard InChI is InChI=1S/C10H19N3O3/c1-2-12-8(14)3-5-13-6-4-10(11,7-13)9(15)16/h2-7,11H2,1H3,(H,12,14)(H,15,16). The van der Waals surface area contributed by atoms with Gasteiger partial charge >= 0.3 is 5.97 Å². The van der Waals surface area contributed by atoms with Crippen molar-refractivity contribution in [3.63, 3.8) is 0 Å². The summed E-state index contributed by atoms with van der Waals surface area (Å²) >= 11 is 0. The van der Waals surface area contributed by atoms with Crippen molar-refractivity contribution in [1.82, 2.24) is 10.2 Å². The molecule has 0 aromatic rings. The van der Waals surface area contributed by atoms with Crippen molar-refractivity contribution in [2.24, 2.45) is 5.73 Å². The fourth-order valence-electron chi connectivity index (χ4n) is 1.83. The van der Waals surface area contributed by atoms with Gasteiger partial charge in [-0.1, -0.05) is 0 Å². The molecule has 1 saturated heterocycles. The number of carboxylic acid groups (broad SMARTS) is 1. The number of nitrogens with two attached hydrogens (primary N) is 1. The summed E-state index contributed by atoms with van der Waals surface area (Å²) in [7, 11) is 0. The second-order valence-electron chi connectivity index (χ2n) is 4.19. The highest BCUT2D eigenvalue weighted by Gasteiger charge is 2.40. The van der Waals surface area contributed by atoms with Crippen molar-refractivity contribution in [3.8, 4) is 0 Å². The maximum Gasteiger partial charge on any atom is 0.325 e. The van der Waals surface area contributed by atoms with Crippen molar-refractivity contribution >= 4 is 11.9 Å². The quantitative estimate of drug-likeness (QED) is 0.562. The third-order valence-electron chi connectivity index (χ3n) is 2.83. The molecule has 1 aliphatic rings. The van der Waals surface area contributed by atoms with Gasteiger partial charge in [0.25, 0.3) is 0 Å². The largest absolute Gasteiger partial charge is 0.480 e. The molecule has 92 valence electrons. The van der Waals surface area contributed by atoms with Gasteiger partial charge < -0.3 is 21.1 Å². The third-order valence-corrected chi connectivity index (χ3v) is 2.83. The Kier molecular flexibility index (Phi) is 4.26. The van der Waals surface area contributed by atoms with Crippen molar-refractivity contribution in [1.29, 1.82) is 0 Å². The molecule has 0 bridgehead atoms. The van der Waals surface area contributed by atoms with Gasteiger partial charge in [0.1, 0.15) is 5.54 Å². The van der Waals surface area contributed by atoms with Gasteiger partial charge in [-0.3, -0.25) is 9.59 Å². The Hall–Kier alpha value is -1.14. The van der Waals surface area contributed by atoms with Crippen LogP contribution in [0.5, 0.6) is 0 Å². The van der Waals surface area contributed by atoms with Gasteiger partial charge in [-0.05, 0) is 13.3 Å². The molecule has 1 unspecified atom stereocenters. The van der Waals surface area contributed by atoms with E-state index in [1.165, 1.54) is 0 Å². The molecule has 0 spiro atoms. The number of carboxylic acids is 1. The van der Waals surface area contributed by atoms with E-state index in [4.69, 9.17) is 10.8 Å². The van der Waals surface area contributed by atoms with Crippen LogP contribution >= 0.6 is 0 Å². The molecule has 16 heavy (non-hydrogen) atoms. The Morgan fingerprint density at radius 3 is 2.75 bits per heavy atom. The van der Waals surface area contributed by atoms with Crippen molar-refractivity contribution < 1.29 is 14.7 Å². The molecule has 1 heterocycles. The van der Waals surface area contributed by atoms with Gasteiger partial charge in [0.05, 0.1) is 0 Å². The molecule has 1 rings (SSSR count). The van der Waals surface area contributed by atoms with Crippen molar-refractivity contribution in [2.45, 2.75) is 25.3 Å². The Morgan fingerprint density at radius 1 is 1.56 bits per heavy atom. The Bertz CT molecular complexity index is 282. The van der Waals surface area contributed by atoms with E-state index >= 15 is 0 Å². The summed E-state index contributed by atoms with van der Waals surface area (Å²) in [5.74, 6) is -0.972. The predicted molar refractivity (Wildman–Crippen MR) is 58.9 cm³/mol. The summed E-state index contributed by atoms with van der Waals surface area (Å²) in [4.78, 5) is 24.0. The van der Waals surface area contributed by atoms with Gasteiger partial charge in [-0.2, -0.15) is 0 Å². The van der Waals surface area contributed by atoms with Crippen LogP contribution in [-0.4, -0.2) is 53.6 Å². The number of carbonyl (C=O) groups excluding carboxylic acids is 1. The minimum atomic E-state index is -1.14. The highest BCUT2D eigenvalue weighted by molar-refractivity contribution is 5.79. The number of hydrogen-bond acceptors (Lipinski definition) is 4. The van der Waals surface area contributed by atoms with E-state index in [0.29, 0.717) is 39.0 Å². The molecule has 0 radical (unpaired) electrons. The molecular weight excluding hydrogens is 210 g/mol. The summed E-state index contributed by atoms with van der Waals surface area (Å²) in [5.41, 5.74) is 4.58. The first-order chi connectivity index (χ1) is 7.48. The Balaban J connectivity index is 2.32. The second-order valence-corrected chi connectivity index (χ2v) is 4.19. The maximum absolute atomic E-state index is 11.2. The smallest absolute Gasteiger partial charge is 0.325 e. The predicted octanol–water partition coefficient (Wildman–Crippen LogP) is -1.000. The topological polar surface area (TPSA) is 95.7 Å². The van der Waals surface area contributed by atoms with Crippen LogP contribution in [0.15, 0.2) is 0 Å². The molecule has 0 saturated carbocycles. The lowest BCUT2D eigenvalue weighted by Crippen LogP contribution is -2.50. The number of hydrogen-bond donors (Lipinski definition) is 3. The van der Waals surface area contributed by atoms with Crippen LogP contribution in [0.4, 0.5) is 0 Å². The average molecular weight is 229 g/mol. The van der Waals surface area contributed by atoms with E-state index < -0.39 is 11.5 Å². The SMILES string of the molecule is CCNC(=O)CCN1CCC(N)(C(=O)O)C1. The van der Waals surface area contributed by atoms with Gasteiger partial charge in [0.15, 0.2) is 0 Å². The summed E-state index contributed by atoms with van der Waals surface area (Å²) in [5, 5.41) is 11.6. The Labute approximate surface area is 94.8 Å². The molecule has 1 atom stereocenters. The molecule has 6 heteroatoms. The number of nitrogens with one attached hydrogen (secondary N) is 1. The lowest BCUT2D eigenvalue weighted by atomic mass is 10.0. The number of likely N-dealkylation sites (tertiary alicyclic amines) is 1. The maximum atomic E-state index is 11.2. The van der Waals surface area contributed by atoms with Gasteiger partial charge in [0.2, 0.25) is 5.91 Å². The van der Waals surface area contributed by atoms with Crippen LogP contribution in [0.25, 0.3) is 0 Å². The van der Waals surface area contributed by atoms with Crippen LogP contribution in [-0.2, 0) is 9.59 Å². The molecule has 0 aromatic carbocycles. The fraction of sp³-hybridized carbons (Fsp3) is 0.800. The van der Waals surface area contributed by atoms with E-state index in [1.54, 1.807) is 0 Å². The fourth-order valence-corrected chi connectivity index (χ4v) is 1.83. The first-order valence-corrected chi connectivity index (χ1v) is 5.49. The molecule has 1 fully saturated rings. The average Bonchev–Trinajstić information content (AvgIpc) is 2.59. The summed E-state index contributed by atoms with van der Waals surface area (Å²) < 4.78 is 0. The highest BCUT2D eigenvalue weighted by atomic mass is 16.4. The van der Waals surface area contributed by atoms with Gasteiger partial charge in [0, 0.05) is 32.6 Å². The molecule has 0 aromatic heterocycles. The lowest BCUT2D eigenvalue weighted by Gasteiger charge is -2.19. The van der Waals surface area contributed by atoms with Crippen LogP contribution in [0.2, 0.25) is 0 Å². The number of nitrogens with zero attached hydrogens (tertiary/aromatic N) is 1. The van der Waals surface area contributed by atoms with Crippen LogP contribution in [0.3, 0.4) is 0 Å². The monoisotopic (exact) mass is 229 g/mol. The van der Waals surface area contributed by atoms with Gasteiger partial charge in [-0.15, -0.1) is 0 Å². The highest BCUT2D eigenvalue weighted by Crippen LogP contribution is 2.18. The second kappa shape index (κ2) is 5.27. The molecule has 1 aliphatic heterocycles. The number of rotatable bonds is 5. The zero-order valence-electron chi connectivity index (χ0n) is 9.53. The van der Waals surface area contributed by atoms with Crippen molar-refractivity contribution in [2.75, 3.05) is 26.2 Å². The number of carbonyl (C=O) groups is 2. The van der Waals surface area contributed by atoms with Crippen LogP contribution in [0, 0.1) is 0 Å².